The number of hydrogen-bond acceptors (Lipinski definition) is 4. The average Bonchev–Trinajstić information content (AvgIpc) is 3.05. The van der Waals surface area contributed by atoms with Crippen molar-refractivity contribution >= 4 is 0 Å². The van der Waals surface area contributed by atoms with Crippen molar-refractivity contribution in [2.75, 3.05) is 20.4 Å². The molecule has 0 amide bonds. The molecule has 3 aliphatic heterocycles. The molecule has 0 spiro atoms. The molecule has 24 heavy (non-hydrogen) atoms. The first-order valence-electron chi connectivity index (χ1n) is 8.56. The molecule has 0 fully saturated rings. The van der Waals surface area contributed by atoms with Gasteiger partial charge in [0.1, 0.15) is 5.75 Å². The maximum atomic E-state index is 5.61. The van der Waals surface area contributed by atoms with Gasteiger partial charge in [0.25, 0.3) is 0 Å². The summed E-state index contributed by atoms with van der Waals surface area (Å²) in [6.07, 6.45) is 2.10. The number of benzene rings is 2. The lowest BCUT2D eigenvalue weighted by Gasteiger charge is -2.42. The van der Waals surface area contributed by atoms with Crippen molar-refractivity contribution in [2.45, 2.75) is 32.4 Å². The lowest BCUT2D eigenvalue weighted by atomic mass is 9.82. The molecule has 0 saturated carbocycles. The maximum absolute atomic E-state index is 5.61. The number of ether oxygens (including phenoxy) is 3. The third-order valence-electron chi connectivity index (χ3n) is 5.65. The van der Waals surface area contributed by atoms with Crippen LogP contribution in [-0.4, -0.2) is 25.3 Å². The van der Waals surface area contributed by atoms with Gasteiger partial charge in [0, 0.05) is 19.1 Å². The van der Waals surface area contributed by atoms with E-state index >= 15 is 0 Å². The molecule has 124 valence electrons. The van der Waals surface area contributed by atoms with Crippen LogP contribution in [0.5, 0.6) is 17.2 Å². The van der Waals surface area contributed by atoms with E-state index in [0.29, 0.717) is 12.8 Å². The standard InChI is InChI=1S/C20H21NO3/c1-12-5-15(22-2)6-14-7-18-16-9-20-19(23-11-24-20)8-13(16)3-4-21(18)10-17(12)14/h5-6,8-9,18H,3-4,7,10-11H2,1-2H3. The van der Waals surface area contributed by atoms with Crippen molar-refractivity contribution in [3.63, 3.8) is 0 Å². The molecule has 0 aromatic heterocycles. The van der Waals surface area contributed by atoms with Crippen LogP contribution in [0.3, 0.4) is 0 Å². The van der Waals surface area contributed by atoms with Gasteiger partial charge in [-0.3, -0.25) is 4.90 Å². The van der Waals surface area contributed by atoms with Crippen LogP contribution in [0.4, 0.5) is 0 Å². The first kappa shape index (κ1) is 14.2. The smallest absolute Gasteiger partial charge is 0.231 e. The highest BCUT2D eigenvalue weighted by Crippen LogP contribution is 2.44. The van der Waals surface area contributed by atoms with Crippen molar-refractivity contribution < 1.29 is 14.2 Å². The van der Waals surface area contributed by atoms with Crippen molar-refractivity contribution in [3.8, 4) is 17.2 Å². The van der Waals surface area contributed by atoms with E-state index in [4.69, 9.17) is 14.2 Å². The highest BCUT2D eigenvalue weighted by atomic mass is 16.7. The number of fused-ring (bicyclic) bond motifs is 5. The Balaban J connectivity index is 1.58. The normalized spacial score (nSPS) is 21.0. The zero-order valence-electron chi connectivity index (χ0n) is 14.1. The molecule has 4 heteroatoms. The lowest BCUT2D eigenvalue weighted by molar-refractivity contribution is 0.160. The first-order chi connectivity index (χ1) is 11.7. The third-order valence-corrected chi connectivity index (χ3v) is 5.65. The Kier molecular flexibility index (Phi) is 3.04. The van der Waals surface area contributed by atoms with E-state index in [2.05, 4.69) is 36.1 Å². The Labute approximate surface area is 141 Å². The van der Waals surface area contributed by atoms with E-state index < -0.39 is 0 Å². The van der Waals surface area contributed by atoms with E-state index in [9.17, 15) is 0 Å². The Morgan fingerprint density at radius 3 is 2.75 bits per heavy atom. The molecule has 3 aliphatic rings. The zero-order chi connectivity index (χ0) is 16.3. The van der Waals surface area contributed by atoms with Crippen LogP contribution in [0.1, 0.15) is 33.9 Å². The molecule has 0 bridgehead atoms. The quantitative estimate of drug-likeness (QED) is 0.805. The monoisotopic (exact) mass is 323 g/mol. The Morgan fingerprint density at radius 1 is 1.08 bits per heavy atom. The molecule has 0 N–H and O–H groups in total. The summed E-state index contributed by atoms with van der Waals surface area (Å²) in [5, 5.41) is 0. The Morgan fingerprint density at radius 2 is 1.92 bits per heavy atom. The van der Waals surface area contributed by atoms with E-state index in [1.165, 1.54) is 27.8 Å². The van der Waals surface area contributed by atoms with Gasteiger partial charge < -0.3 is 14.2 Å². The molecule has 0 aliphatic carbocycles. The topological polar surface area (TPSA) is 30.9 Å². The second-order valence-electron chi connectivity index (χ2n) is 6.93. The summed E-state index contributed by atoms with van der Waals surface area (Å²) in [5.74, 6) is 2.75. The van der Waals surface area contributed by atoms with E-state index in [-0.39, 0.29) is 0 Å². The summed E-state index contributed by atoms with van der Waals surface area (Å²) < 4.78 is 16.6. The predicted molar refractivity (Wildman–Crippen MR) is 90.9 cm³/mol. The van der Waals surface area contributed by atoms with Gasteiger partial charge in [-0.15, -0.1) is 0 Å². The second-order valence-corrected chi connectivity index (χ2v) is 6.93. The van der Waals surface area contributed by atoms with Crippen LogP contribution in [0.2, 0.25) is 0 Å². The first-order valence-corrected chi connectivity index (χ1v) is 8.56. The van der Waals surface area contributed by atoms with Crippen molar-refractivity contribution in [2.24, 2.45) is 0 Å². The molecule has 2 aromatic carbocycles. The molecule has 2 aromatic rings. The van der Waals surface area contributed by atoms with Crippen LogP contribution in [0.25, 0.3) is 0 Å². The van der Waals surface area contributed by atoms with Gasteiger partial charge in [-0.05, 0) is 71.8 Å². The summed E-state index contributed by atoms with van der Waals surface area (Å²) in [4.78, 5) is 2.60. The molecule has 0 saturated heterocycles. The average molecular weight is 323 g/mol. The minimum atomic E-state index is 0.339. The van der Waals surface area contributed by atoms with Gasteiger partial charge in [-0.2, -0.15) is 0 Å². The van der Waals surface area contributed by atoms with Gasteiger partial charge in [0.15, 0.2) is 11.5 Å². The highest BCUT2D eigenvalue weighted by molar-refractivity contribution is 5.52. The van der Waals surface area contributed by atoms with E-state index in [0.717, 1.165) is 43.2 Å². The summed E-state index contributed by atoms with van der Waals surface area (Å²) in [5.41, 5.74) is 7.02. The fourth-order valence-electron chi connectivity index (χ4n) is 4.36. The molecular weight excluding hydrogens is 302 g/mol. The second kappa shape index (κ2) is 5.15. The van der Waals surface area contributed by atoms with Gasteiger partial charge in [-0.1, -0.05) is 0 Å². The van der Waals surface area contributed by atoms with E-state index in [1.807, 2.05) is 0 Å². The fraction of sp³-hybridized carbons (Fsp3) is 0.400. The van der Waals surface area contributed by atoms with Gasteiger partial charge in [0.2, 0.25) is 6.79 Å². The van der Waals surface area contributed by atoms with Crippen molar-refractivity contribution in [3.05, 3.63) is 52.1 Å². The van der Waals surface area contributed by atoms with Crippen molar-refractivity contribution in [1.82, 2.24) is 4.90 Å². The minimum Gasteiger partial charge on any atom is -0.497 e. The Bertz CT molecular complexity index is 830. The summed E-state index contributed by atoms with van der Waals surface area (Å²) in [6.45, 7) is 4.65. The molecule has 3 heterocycles. The lowest BCUT2D eigenvalue weighted by Crippen LogP contribution is -2.39. The predicted octanol–water partition coefficient (Wildman–Crippen LogP) is 3.39. The van der Waals surface area contributed by atoms with Crippen LogP contribution >= 0.6 is 0 Å². The largest absolute Gasteiger partial charge is 0.497 e. The van der Waals surface area contributed by atoms with E-state index in [1.54, 1.807) is 7.11 Å². The zero-order valence-corrected chi connectivity index (χ0v) is 14.1. The van der Waals surface area contributed by atoms with Gasteiger partial charge in [-0.25, -0.2) is 0 Å². The van der Waals surface area contributed by atoms with Gasteiger partial charge in [0.05, 0.1) is 7.11 Å². The fourth-order valence-corrected chi connectivity index (χ4v) is 4.36. The van der Waals surface area contributed by atoms with Crippen LogP contribution < -0.4 is 14.2 Å². The number of hydrogen-bond donors (Lipinski definition) is 0. The van der Waals surface area contributed by atoms with Crippen LogP contribution in [0.15, 0.2) is 24.3 Å². The Hall–Kier alpha value is -2.20. The highest BCUT2D eigenvalue weighted by Gasteiger charge is 2.34. The van der Waals surface area contributed by atoms with Crippen LogP contribution in [-0.2, 0) is 19.4 Å². The van der Waals surface area contributed by atoms with Crippen molar-refractivity contribution in [1.29, 1.82) is 0 Å². The summed E-state index contributed by atoms with van der Waals surface area (Å²) in [7, 11) is 1.74. The molecule has 0 radical (unpaired) electrons. The number of rotatable bonds is 1. The molecule has 1 unspecified atom stereocenters. The number of aryl methyl sites for hydroxylation is 1. The molecule has 4 nitrogen and oxygen atoms in total. The molecule has 5 rings (SSSR count). The SMILES string of the molecule is COc1cc(C)c2c(c1)CC1c3cc4c(cc3CCN1C2)OCO4. The summed E-state index contributed by atoms with van der Waals surface area (Å²) in [6, 6.07) is 9.16. The molecule has 1 atom stereocenters. The third kappa shape index (κ3) is 2.02. The summed E-state index contributed by atoms with van der Waals surface area (Å²) >= 11 is 0. The van der Waals surface area contributed by atoms with Crippen LogP contribution in [0, 0.1) is 6.92 Å². The molecular formula is C20H21NO3. The maximum Gasteiger partial charge on any atom is 0.231 e. The minimum absolute atomic E-state index is 0.339. The number of methoxy groups -OCH3 is 1. The van der Waals surface area contributed by atoms with Gasteiger partial charge >= 0.3 is 0 Å². The number of nitrogens with zero attached hydrogens (tertiary/aromatic N) is 1.